The third kappa shape index (κ3) is 2.35. The topological polar surface area (TPSA) is 57.1 Å². The molecule has 0 saturated heterocycles. The van der Waals surface area contributed by atoms with Crippen LogP contribution in [0.2, 0.25) is 5.02 Å². The predicted molar refractivity (Wildman–Crippen MR) is 77.9 cm³/mol. The first-order valence-electron chi connectivity index (χ1n) is 6.95. The highest BCUT2D eigenvalue weighted by molar-refractivity contribution is 6.32. The molecule has 0 fully saturated rings. The van der Waals surface area contributed by atoms with Crippen molar-refractivity contribution in [2.75, 3.05) is 13.7 Å². The van der Waals surface area contributed by atoms with Gasteiger partial charge in [-0.1, -0.05) is 11.6 Å². The van der Waals surface area contributed by atoms with Crippen LogP contribution in [-0.2, 0) is 27.1 Å². The molecule has 1 aromatic rings. The van der Waals surface area contributed by atoms with Gasteiger partial charge in [-0.05, 0) is 43.4 Å². The highest BCUT2D eigenvalue weighted by Gasteiger charge is 2.38. The van der Waals surface area contributed by atoms with E-state index in [0.717, 1.165) is 30.4 Å². The maximum absolute atomic E-state index is 12.1. The number of methoxy groups -OCH3 is 1. The molecule has 3 rings (SSSR count). The Morgan fingerprint density at radius 2 is 2.29 bits per heavy atom. The molecule has 112 valence electrons. The number of halogens is 1. The summed E-state index contributed by atoms with van der Waals surface area (Å²) >= 11 is 6.28. The van der Waals surface area contributed by atoms with Gasteiger partial charge in [-0.3, -0.25) is 4.79 Å². The molecule has 0 aromatic heterocycles. The summed E-state index contributed by atoms with van der Waals surface area (Å²) in [6.07, 6.45) is 2.06. The molecule has 21 heavy (non-hydrogen) atoms. The van der Waals surface area contributed by atoms with Crippen LogP contribution in [-0.4, -0.2) is 25.7 Å². The highest BCUT2D eigenvalue weighted by atomic mass is 35.5. The van der Waals surface area contributed by atoms with E-state index in [0.29, 0.717) is 22.9 Å². The number of amides is 1. The van der Waals surface area contributed by atoms with Crippen molar-refractivity contribution in [3.63, 3.8) is 0 Å². The SMILES string of the molecule is CCOC1=NC(=O)C(c2c3c(cc(Cl)c2OC)CCC3)O1. The van der Waals surface area contributed by atoms with E-state index in [4.69, 9.17) is 25.8 Å². The Balaban J connectivity index is 2.05. The minimum absolute atomic E-state index is 0.0151. The minimum Gasteiger partial charge on any atom is -0.495 e. The Labute approximate surface area is 127 Å². The monoisotopic (exact) mass is 309 g/mol. The molecule has 1 heterocycles. The van der Waals surface area contributed by atoms with Crippen molar-refractivity contribution in [1.29, 1.82) is 0 Å². The van der Waals surface area contributed by atoms with Crippen molar-refractivity contribution >= 4 is 23.6 Å². The van der Waals surface area contributed by atoms with E-state index >= 15 is 0 Å². The maximum Gasteiger partial charge on any atom is 0.392 e. The minimum atomic E-state index is -0.827. The number of benzene rings is 1. The Morgan fingerprint density at radius 1 is 1.48 bits per heavy atom. The summed E-state index contributed by atoms with van der Waals surface area (Å²) in [6, 6.07) is 1.91. The van der Waals surface area contributed by atoms with E-state index < -0.39 is 6.10 Å². The van der Waals surface area contributed by atoms with Crippen LogP contribution in [0.25, 0.3) is 0 Å². The van der Waals surface area contributed by atoms with Crippen LogP contribution in [0.5, 0.6) is 5.75 Å². The Kier molecular flexibility index (Phi) is 3.76. The van der Waals surface area contributed by atoms with Crippen molar-refractivity contribution < 1.29 is 19.0 Å². The average Bonchev–Trinajstić information content (AvgIpc) is 3.04. The molecule has 0 bridgehead atoms. The fourth-order valence-electron chi connectivity index (χ4n) is 2.90. The lowest BCUT2D eigenvalue weighted by Crippen LogP contribution is -2.14. The fourth-order valence-corrected chi connectivity index (χ4v) is 3.21. The smallest absolute Gasteiger partial charge is 0.392 e. The number of carbonyl (C=O) groups is 1. The molecular formula is C15H16ClNO4. The number of rotatable bonds is 3. The largest absolute Gasteiger partial charge is 0.495 e. The molecular weight excluding hydrogens is 294 g/mol. The van der Waals surface area contributed by atoms with Gasteiger partial charge < -0.3 is 14.2 Å². The van der Waals surface area contributed by atoms with Crippen molar-refractivity contribution in [1.82, 2.24) is 0 Å². The Bertz CT molecular complexity index is 623. The third-order valence-corrected chi connectivity index (χ3v) is 4.01. The molecule has 0 saturated carbocycles. The van der Waals surface area contributed by atoms with Crippen molar-refractivity contribution in [3.05, 3.63) is 27.8 Å². The summed E-state index contributed by atoms with van der Waals surface area (Å²) in [5.74, 6) is 0.108. The molecule has 0 spiro atoms. The van der Waals surface area contributed by atoms with Crippen LogP contribution in [0, 0.1) is 0 Å². The number of hydrogen-bond acceptors (Lipinski definition) is 4. The summed E-state index contributed by atoms with van der Waals surface area (Å²) in [5.41, 5.74) is 2.93. The lowest BCUT2D eigenvalue weighted by molar-refractivity contribution is -0.123. The number of carbonyl (C=O) groups excluding carboxylic acids is 1. The molecule has 6 heteroatoms. The average molecular weight is 310 g/mol. The van der Waals surface area contributed by atoms with E-state index in [1.165, 1.54) is 7.11 Å². The zero-order valence-corrected chi connectivity index (χ0v) is 12.7. The fraction of sp³-hybridized carbons (Fsp3) is 0.467. The zero-order valence-electron chi connectivity index (χ0n) is 11.9. The van der Waals surface area contributed by atoms with Gasteiger partial charge in [0.05, 0.1) is 18.7 Å². The van der Waals surface area contributed by atoms with Gasteiger partial charge in [0, 0.05) is 5.56 Å². The van der Waals surface area contributed by atoms with Gasteiger partial charge in [0.15, 0.2) is 0 Å². The molecule has 1 aliphatic carbocycles. The molecule has 1 unspecified atom stereocenters. The van der Waals surface area contributed by atoms with E-state index in [1.54, 1.807) is 6.92 Å². The lowest BCUT2D eigenvalue weighted by Gasteiger charge is -2.19. The number of aliphatic imine (C=N–C) groups is 1. The van der Waals surface area contributed by atoms with Crippen LogP contribution in [0.15, 0.2) is 11.1 Å². The summed E-state index contributed by atoms with van der Waals surface area (Å²) in [5, 5.41) is 0.495. The van der Waals surface area contributed by atoms with Crippen molar-refractivity contribution in [2.45, 2.75) is 32.3 Å². The molecule has 0 N–H and O–H groups in total. The first kappa shape index (κ1) is 14.2. The molecule has 1 amide bonds. The summed E-state index contributed by atoms with van der Waals surface area (Å²) < 4.78 is 16.1. The van der Waals surface area contributed by atoms with E-state index in [1.807, 2.05) is 6.07 Å². The van der Waals surface area contributed by atoms with E-state index in [-0.39, 0.29) is 12.0 Å². The summed E-state index contributed by atoms with van der Waals surface area (Å²) in [7, 11) is 1.54. The van der Waals surface area contributed by atoms with E-state index in [9.17, 15) is 4.79 Å². The Morgan fingerprint density at radius 3 is 3.00 bits per heavy atom. The van der Waals surface area contributed by atoms with Crippen LogP contribution in [0.4, 0.5) is 0 Å². The van der Waals surface area contributed by atoms with Crippen molar-refractivity contribution in [3.8, 4) is 5.75 Å². The third-order valence-electron chi connectivity index (χ3n) is 3.73. The van der Waals surface area contributed by atoms with E-state index in [2.05, 4.69) is 4.99 Å². The van der Waals surface area contributed by atoms with Gasteiger partial charge in [0.2, 0.25) is 6.10 Å². The normalized spacial score (nSPS) is 20.0. The Hall–Kier alpha value is -1.75. The van der Waals surface area contributed by atoms with Gasteiger partial charge in [0.25, 0.3) is 5.91 Å². The number of fused-ring (bicyclic) bond motifs is 1. The second kappa shape index (κ2) is 5.56. The lowest BCUT2D eigenvalue weighted by atomic mass is 9.97. The van der Waals surface area contributed by atoms with Gasteiger partial charge in [-0.25, -0.2) is 0 Å². The van der Waals surface area contributed by atoms with Crippen LogP contribution in [0.3, 0.4) is 0 Å². The number of aryl methyl sites for hydroxylation is 1. The number of nitrogens with zero attached hydrogens (tertiary/aromatic N) is 1. The second-order valence-electron chi connectivity index (χ2n) is 4.94. The second-order valence-corrected chi connectivity index (χ2v) is 5.35. The highest BCUT2D eigenvalue weighted by Crippen LogP contribution is 2.43. The van der Waals surface area contributed by atoms with Crippen LogP contribution in [0.1, 0.15) is 36.1 Å². The quantitative estimate of drug-likeness (QED) is 0.861. The first-order valence-corrected chi connectivity index (χ1v) is 7.33. The number of hydrogen-bond donors (Lipinski definition) is 0. The summed E-state index contributed by atoms with van der Waals surface area (Å²) in [6.45, 7) is 2.20. The number of ether oxygens (including phenoxy) is 3. The van der Waals surface area contributed by atoms with Crippen LogP contribution >= 0.6 is 11.6 Å². The summed E-state index contributed by atoms with van der Waals surface area (Å²) in [4.78, 5) is 15.9. The molecule has 0 radical (unpaired) electrons. The van der Waals surface area contributed by atoms with Gasteiger partial charge in [-0.15, -0.1) is 4.99 Å². The maximum atomic E-state index is 12.1. The first-order chi connectivity index (χ1) is 10.2. The zero-order chi connectivity index (χ0) is 15.0. The standard InChI is InChI=1S/C15H16ClNO4/c1-3-20-15-17-14(18)13(21-15)11-9-6-4-5-8(9)7-10(16)12(11)19-2/h7,13H,3-6H2,1-2H3. The predicted octanol–water partition coefficient (Wildman–Crippen LogP) is 2.83. The van der Waals surface area contributed by atoms with Gasteiger partial charge >= 0.3 is 6.08 Å². The van der Waals surface area contributed by atoms with Crippen LogP contribution < -0.4 is 4.74 Å². The van der Waals surface area contributed by atoms with Gasteiger partial charge in [-0.2, -0.15) is 0 Å². The molecule has 1 aromatic carbocycles. The van der Waals surface area contributed by atoms with Gasteiger partial charge in [0.1, 0.15) is 5.75 Å². The molecule has 2 aliphatic rings. The van der Waals surface area contributed by atoms with Crippen molar-refractivity contribution in [2.24, 2.45) is 4.99 Å². The molecule has 1 atom stereocenters. The molecule has 5 nitrogen and oxygen atoms in total. The molecule has 1 aliphatic heterocycles.